The summed E-state index contributed by atoms with van der Waals surface area (Å²) in [5.74, 6) is -2.66. The highest BCUT2D eigenvalue weighted by Gasteiger charge is 2.23. The summed E-state index contributed by atoms with van der Waals surface area (Å²) in [7, 11) is 0. The monoisotopic (exact) mass is 326 g/mol. The maximum Gasteiger partial charge on any atom is 0.358 e. The second-order valence-corrected chi connectivity index (χ2v) is 6.29. The van der Waals surface area contributed by atoms with E-state index in [2.05, 4.69) is 10.3 Å². The first-order valence-electron chi connectivity index (χ1n) is 5.82. The molecule has 0 fully saturated rings. The third-order valence-corrected chi connectivity index (χ3v) is 3.11. The van der Waals surface area contributed by atoms with Crippen molar-refractivity contribution in [2.24, 2.45) is 11.7 Å². The van der Waals surface area contributed by atoms with Crippen LogP contribution in [0, 0.1) is 17.2 Å². The van der Waals surface area contributed by atoms with Crippen molar-refractivity contribution in [3.8, 4) is 6.07 Å². The summed E-state index contributed by atoms with van der Waals surface area (Å²) in [4.78, 5) is 26.7. The first-order valence-corrected chi connectivity index (χ1v) is 7.11. The number of nitrogens with one attached hydrogen (secondary N) is 1. The number of esters is 1. The van der Waals surface area contributed by atoms with E-state index in [-0.39, 0.29) is 15.8 Å². The molecule has 0 bridgehead atoms. The quantitative estimate of drug-likeness (QED) is 0.635. The number of nitrogens with two attached hydrogens (primary N) is 1. The fraction of sp³-hybridized carbons (Fsp3) is 0.417. The van der Waals surface area contributed by atoms with E-state index in [1.54, 1.807) is 26.8 Å². The third-order valence-electron chi connectivity index (χ3n) is 2.02. The molecular weight excluding hydrogens is 312 g/mol. The van der Waals surface area contributed by atoms with Crippen LogP contribution in [0.25, 0.3) is 0 Å². The topological polar surface area (TPSA) is 118 Å². The van der Waals surface area contributed by atoms with Gasteiger partial charge >= 0.3 is 5.97 Å². The van der Waals surface area contributed by atoms with Gasteiger partial charge in [0.1, 0.15) is 10.6 Å². The van der Waals surface area contributed by atoms with E-state index in [1.807, 2.05) is 0 Å². The fourth-order valence-corrected chi connectivity index (χ4v) is 2.21. The Balaban J connectivity index is 2.77. The van der Waals surface area contributed by atoms with Crippen LogP contribution in [-0.2, 0) is 9.53 Å². The number of thiocarbonyl (C=S) groups is 1. The number of ether oxygens (including phenoxy) is 1. The van der Waals surface area contributed by atoms with E-state index in [0.717, 1.165) is 11.3 Å². The average Bonchev–Trinajstić information content (AvgIpc) is 2.75. The molecule has 1 unspecified atom stereocenters. The summed E-state index contributed by atoms with van der Waals surface area (Å²) in [6, 6.07) is 1.69. The number of aromatic nitrogens is 1. The smallest absolute Gasteiger partial charge is 0.358 e. The van der Waals surface area contributed by atoms with Crippen molar-refractivity contribution >= 4 is 45.6 Å². The highest BCUT2D eigenvalue weighted by atomic mass is 32.1. The molecule has 1 aromatic rings. The van der Waals surface area contributed by atoms with Gasteiger partial charge in [0.2, 0.25) is 5.91 Å². The summed E-state index contributed by atoms with van der Waals surface area (Å²) in [5, 5.41) is 13.2. The van der Waals surface area contributed by atoms with E-state index in [0.29, 0.717) is 0 Å². The minimum Gasteiger partial charge on any atom is -0.455 e. The van der Waals surface area contributed by atoms with Gasteiger partial charge < -0.3 is 15.8 Å². The molecule has 1 rings (SSSR count). The van der Waals surface area contributed by atoms with Crippen LogP contribution >= 0.6 is 23.6 Å². The second-order valence-electron chi connectivity index (χ2n) is 4.99. The predicted octanol–water partition coefficient (Wildman–Crippen LogP) is 1.46. The van der Waals surface area contributed by atoms with Crippen LogP contribution in [0.15, 0.2) is 5.38 Å². The molecule has 1 aromatic heterocycles. The summed E-state index contributed by atoms with van der Waals surface area (Å²) < 4.78 is 5.17. The molecule has 0 aliphatic carbocycles. The SMILES string of the molecule is CC(C)(C)OC(=O)c1csc(NC(=S)C(C#N)C(N)=O)n1. The van der Waals surface area contributed by atoms with Gasteiger partial charge in [-0.3, -0.25) is 4.79 Å². The standard InChI is InChI=1S/C12H14N4O3S2/c1-12(2,3)19-10(18)7-5-21-11(15-7)16-9(20)6(4-13)8(14)17/h5-6H,1-3H3,(H2,14,17)(H,15,16,20). The van der Waals surface area contributed by atoms with Crippen LogP contribution in [0.5, 0.6) is 0 Å². The molecular formula is C12H14N4O3S2. The molecule has 0 spiro atoms. The molecule has 0 saturated carbocycles. The van der Waals surface area contributed by atoms with Gasteiger partial charge in [-0.1, -0.05) is 12.2 Å². The molecule has 9 heteroatoms. The highest BCUT2D eigenvalue weighted by molar-refractivity contribution is 7.80. The molecule has 112 valence electrons. The van der Waals surface area contributed by atoms with Crippen molar-refractivity contribution in [1.29, 1.82) is 5.26 Å². The van der Waals surface area contributed by atoms with E-state index >= 15 is 0 Å². The number of hydrogen-bond acceptors (Lipinski definition) is 7. The number of anilines is 1. The molecule has 1 heterocycles. The maximum absolute atomic E-state index is 11.8. The van der Waals surface area contributed by atoms with Gasteiger partial charge in [-0.25, -0.2) is 9.78 Å². The molecule has 0 aromatic carbocycles. The Labute approximate surface area is 131 Å². The fourth-order valence-electron chi connectivity index (χ4n) is 1.18. The van der Waals surface area contributed by atoms with E-state index in [4.69, 9.17) is 28.0 Å². The van der Waals surface area contributed by atoms with Gasteiger partial charge in [0.05, 0.1) is 6.07 Å². The van der Waals surface area contributed by atoms with Crippen LogP contribution in [0.2, 0.25) is 0 Å². The summed E-state index contributed by atoms with van der Waals surface area (Å²) in [6.07, 6.45) is 0. The van der Waals surface area contributed by atoms with Crippen LogP contribution in [0.3, 0.4) is 0 Å². The summed E-state index contributed by atoms with van der Waals surface area (Å²) in [5.41, 5.74) is 4.54. The molecule has 7 nitrogen and oxygen atoms in total. The first-order chi connectivity index (χ1) is 9.64. The van der Waals surface area contributed by atoms with Gasteiger partial charge in [0, 0.05) is 5.38 Å². The van der Waals surface area contributed by atoms with Crippen molar-refractivity contribution in [1.82, 2.24) is 4.98 Å². The van der Waals surface area contributed by atoms with Gasteiger partial charge in [-0.2, -0.15) is 5.26 Å². The number of rotatable bonds is 4. The molecule has 0 radical (unpaired) electrons. The van der Waals surface area contributed by atoms with Crippen LogP contribution in [-0.4, -0.2) is 27.5 Å². The predicted molar refractivity (Wildman–Crippen MR) is 81.8 cm³/mol. The zero-order valence-corrected chi connectivity index (χ0v) is 13.3. The Morgan fingerprint density at radius 3 is 2.67 bits per heavy atom. The number of carbonyl (C=O) groups is 2. The Morgan fingerprint density at radius 2 is 2.19 bits per heavy atom. The van der Waals surface area contributed by atoms with Crippen molar-refractivity contribution in [2.75, 3.05) is 5.32 Å². The highest BCUT2D eigenvalue weighted by Crippen LogP contribution is 2.19. The van der Waals surface area contributed by atoms with Crippen LogP contribution in [0.4, 0.5) is 5.13 Å². The molecule has 1 atom stereocenters. The maximum atomic E-state index is 11.8. The van der Waals surface area contributed by atoms with Gasteiger partial charge in [0.25, 0.3) is 0 Å². The lowest BCUT2D eigenvalue weighted by Gasteiger charge is -2.18. The second kappa shape index (κ2) is 6.60. The summed E-state index contributed by atoms with van der Waals surface area (Å²) in [6.45, 7) is 5.24. The molecule has 21 heavy (non-hydrogen) atoms. The van der Waals surface area contributed by atoms with E-state index in [1.165, 1.54) is 5.38 Å². The number of thiazole rings is 1. The number of primary amides is 1. The van der Waals surface area contributed by atoms with Gasteiger partial charge in [0.15, 0.2) is 16.7 Å². The van der Waals surface area contributed by atoms with Crippen molar-refractivity contribution in [2.45, 2.75) is 26.4 Å². The van der Waals surface area contributed by atoms with E-state index < -0.39 is 23.4 Å². The van der Waals surface area contributed by atoms with E-state index in [9.17, 15) is 9.59 Å². The molecule has 0 saturated heterocycles. The molecule has 0 aliphatic heterocycles. The number of nitriles is 1. The normalized spacial score (nSPS) is 12.1. The Morgan fingerprint density at radius 1 is 1.57 bits per heavy atom. The largest absolute Gasteiger partial charge is 0.455 e. The Kier molecular flexibility index (Phi) is 5.34. The minimum absolute atomic E-state index is 0.0601. The average molecular weight is 326 g/mol. The lowest BCUT2D eigenvalue weighted by atomic mass is 10.1. The Bertz CT molecular complexity index is 613. The first kappa shape index (κ1) is 17.0. The lowest BCUT2D eigenvalue weighted by molar-refractivity contribution is -0.118. The van der Waals surface area contributed by atoms with Crippen LogP contribution < -0.4 is 11.1 Å². The van der Waals surface area contributed by atoms with Crippen molar-refractivity contribution in [3.63, 3.8) is 0 Å². The zero-order chi connectivity index (χ0) is 16.2. The number of nitrogens with zero attached hydrogens (tertiary/aromatic N) is 2. The van der Waals surface area contributed by atoms with Gasteiger partial charge in [-0.15, -0.1) is 11.3 Å². The Hall–Kier alpha value is -2.05. The summed E-state index contributed by atoms with van der Waals surface area (Å²) >= 11 is 6.01. The number of hydrogen-bond donors (Lipinski definition) is 2. The number of amides is 1. The zero-order valence-electron chi connectivity index (χ0n) is 11.7. The van der Waals surface area contributed by atoms with Gasteiger partial charge in [-0.05, 0) is 20.8 Å². The molecule has 1 amide bonds. The minimum atomic E-state index is -1.24. The lowest BCUT2D eigenvalue weighted by Crippen LogP contribution is -2.32. The molecule has 0 aliphatic rings. The van der Waals surface area contributed by atoms with Crippen molar-refractivity contribution in [3.05, 3.63) is 11.1 Å². The third kappa shape index (κ3) is 5.09. The van der Waals surface area contributed by atoms with Crippen molar-refractivity contribution < 1.29 is 14.3 Å². The molecule has 3 N–H and O–H groups in total. The number of carbonyl (C=O) groups excluding carboxylic acids is 2. The van der Waals surface area contributed by atoms with Crippen LogP contribution in [0.1, 0.15) is 31.3 Å².